The second-order valence-electron chi connectivity index (χ2n) is 9.68. The van der Waals surface area contributed by atoms with E-state index < -0.39 is 8.07 Å². The Morgan fingerprint density at radius 1 is 0.629 bits per heavy atom. The third-order valence-corrected chi connectivity index (χ3v) is 15.5. The van der Waals surface area contributed by atoms with E-state index in [1.807, 2.05) is 0 Å². The van der Waals surface area contributed by atoms with Gasteiger partial charge < -0.3 is 37.2 Å². The summed E-state index contributed by atoms with van der Waals surface area (Å²) in [6.07, 6.45) is 0. The van der Waals surface area contributed by atoms with Crippen LogP contribution in [0.15, 0.2) is 93.4 Å². The molecule has 0 heterocycles. The van der Waals surface area contributed by atoms with Gasteiger partial charge in [0.25, 0.3) is 0 Å². The first-order valence-electron chi connectivity index (χ1n) is 11.5. The Morgan fingerprint density at radius 2 is 1.14 bits per heavy atom. The van der Waals surface area contributed by atoms with Gasteiger partial charge in [0.2, 0.25) is 0 Å². The van der Waals surface area contributed by atoms with Crippen LogP contribution in [-0.2, 0) is 20.4 Å². The van der Waals surface area contributed by atoms with Crippen molar-refractivity contribution in [2.45, 2.75) is 53.5 Å². The molecule has 35 heavy (non-hydrogen) atoms. The molecule has 182 valence electrons. The fourth-order valence-electron chi connectivity index (χ4n) is 6.07. The molecule has 5 heteroatoms. The molecule has 2 atom stereocenters. The van der Waals surface area contributed by atoms with Crippen molar-refractivity contribution in [1.29, 1.82) is 0 Å². The summed E-state index contributed by atoms with van der Waals surface area (Å²) in [4.78, 5) is 0. The van der Waals surface area contributed by atoms with Gasteiger partial charge in [0.1, 0.15) is 0 Å². The number of hydrogen-bond donors (Lipinski definition) is 0. The summed E-state index contributed by atoms with van der Waals surface area (Å²) in [5.41, 5.74) is 8.56. The van der Waals surface area contributed by atoms with Crippen LogP contribution in [-0.4, -0.2) is 8.07 Å². The van der Waals surface area contributed by atoms with Crippen LogP contribution in [0.5, 0.6) is 0 Å². The van der Waals surface area contributed by atoms with E-state index in [0.29, 0.717) is 0 Å². The van der Waals surface area contributed by atoms with Crippen molar-refractivity contribution in [3.05, 3.63) is 110 Å². The summed E-state index contributed by atoms with van der Waals surface area (Å²) in [6.45, 7) is 16.4. The number of allylic oxidation sites excluding steroid dienone is 4. The molecular weight excluding hydrogens is 543 g/mol. The van der Waals surface area contributed by atoms with Crippen molar-refractivity contribution in [1.82, 2.24) is 0 Å². The van der Waals surface area contributed by atoms with Crippen molar-refractivity contribution in [3.8, 4) is 0 Å². The standard InChI is InChI=1S/C30H33Si.3ClH.Ti/c1-21-17-22(2)19-28(18-21)31(27-14-9-8-10-15-27,29-16-12-11-13-23(29)3)30(7)20-24(4)25(5)26(30)6;;;;/h8-19H,1-7H3;3*1H;/q;;;;+3/p-3. The van der Waals surface area contributed by atoms with E-state index in [1.54, 1.807) is 0 Å². The van der Waals surface area contributed by atoms with Crippen LogP contribution in [0, 0.1) is 20.8 Å². The Balaban J connectivity index is 0.00000204. The van der Waals surface area contributed by atoms with Gasteiger partial charge >= 0.3 is 208 Å². The van der Waals surface area contributed by atoms with Gasteiger partial charge in [0.15, 0.2) is 0 Å². The largest absolute Gasteiger partial charge is 1.00 e. The molecule has 0 N–H and O–H groups in total. The van der Waals surface area contributed by atoms with Gasteiger partial charge in [-0.2, -0.15) is 0 Å². The van der Waals surface area contributed by atoms with Gasteiger partial charge in [0, 0.05) is 0 Å². The van der Waals surface area contributed by atoms with Gasteiger partial charge in [-0.1, -0.05) is 0 Å². The summed E-state index contributed by atoms with van der Waals surface area (Å²) in [5.74, 6) is 0. The summed E-state index contributed by atoms with van der Waals surface area (Å²) in [7, 11) is -2.55. The van der Waals surface area contributed by atoms with Crippen molar-refractivity contribution >= 4 is 23.6 Å². The maximum Gasteiger partial charge on any atom is -1.00 e. The van der Waals surface area contributed by atoms with Crippen LogP contribution >= 0.6 is 0 Å². The molecule has 3 aromatic carbocycles. The number of hydrogen-bond acceptors (Lipinski definition) is 0. The van der Waals surface area contributed by atoms with Gasteiger partial charge in [0.05, 0.1) is 0 Å². The first kappa shape index (κ1) is 32.0. The van der Waals surface area contributed by atoms with Crippen LogP contribution in [0.3, 0.4) is 0 Å². The Kier molecular flexibility index (Phi) is 11.0. The van der Waals surface area contributed by atoms with E-state index in [2.05, 4.69) is 142 Å². The third-order valence-electron chi connectivity index (χ3n) is 7.91. The Bertz CT molecular complexity index is 1220. The molecule has 1 aliphatic carbocycles. The molecule has 3 aromatic rings. The maximum absolute atomic E-state index is 2.55. The minimum Gasteiger partial charge on any atom is -1.00 e. The van der Waals surface area contributed by atoms with Crippen LogP contribution in [0.2, 0.25) is 5.04 Å². The SMILES string of the molecule is CC1=C(C)C(C)([Si](c2ccccc2)(c2cc(C)cc(C)c2)c2ccccc2C)[C]([Ti+3])=C1C.[Cl-].[Cl-].[Cl-]. The molecule has 0 saturated carbocycles. The van der Waals surface area contributed by atoms with Crippen LogP contribution in [0.1, 0.15) is 44.4 Å². The minimum atomic E-state index is -2.55. The predicted octanol–water partition coefficient (Wildman–Crippen LogP) is -2.97. The summed E-state index contributed by atoms with van der Waals surface area (Å²) in [6, 6.07) is 27.8. The molecule has 0 amide bonds. The second-order valence-corrected chi connectivity index (χ2v) is 14.7. The molecule has 0 saturated heterocycles. The fourth-order valence-corrected chi connectivity index (χ4v) is 14.1. The Labute approximate surface area is 243 Å². The van der Waals surface area contributed by atoms with E-state index in [0.717, 1.165) is 0 Å². The average molecular weight is 576 g/mol. The van der Waals surface area contributed by atoms with Crippen LogP contribution in [0.25, 0.3) is 0 Å². The molecule has 2 unspecified atom stereocenters. The van der Waals surface area contributed by atoms with E-state index in [4.69, 9.17) is 0 Å². The molecule has 0 fully saturated rings. The first-order valence-corrected chi connectivity index (χ1v) is 14.3. The van der Waals surface area contributed by atoms with Crippen LogP contribution < -0.4 is 52.8 Å². The predicted molar refractivity (Wildman–Crippen MR) is 138 cm³/mol. The monoisotopic (exact) mass is 574 g/mol. The van der Waals surface area contributed by atoms with Gasteiger partial charge in [-0.25, -0.2) is 0 Å². The van der Waals surface area contributed by atoms with E-state index in [-0.39, 0.29) is 42.3 Å². The molecule has 4 rings (SSSR count). The average Bonchev–Trinajstić information content (AvgIpc) is 2.92. The number of rotatable bonds is 4. The first-order chi connectivity index (χ1) is 15.2. The van der Waals surface area contributed by atoms with Gasteiger partial charge in [-0.15, -0.1) is 0 Å². The molecule has 0 spiro atoms. The number of benzene rings is 3. The van der Waals surface area contributed by atoms with Crippen molar-refractivity contribution in [2.24, 2.45) is 0 Å². The zero-order valence-corrected chi connectivity index (χ0v) is 26.4. The molecule has 0 bridgehead atoms. The zero-order valence-electron chi connectivity index (χ0n) is 21.6. The van der Waals surface area contributed by atoms with E-state index in [1.165, 1.54) is 52.8 Å². The fraction of sp³-hybridized carbons (Fsp3) is 0.267. The molecule has 0 radical (unpaired) electrons. The zero-order chi connectivity index (χ0) is 23.3. The van der Waals surface area contributed by atoms with Crippen molar-refractivity contribution in [3.63, 3.8) is 0 Å². The molecule has 1 aliphatic rings. The smallest absolute Gasteiger partial charge is 1.00 e. The molecule has 0 nitrogen and oxygen atoms in total. The Morgan fingerprint density at radius 3 is 1.63 bits per heavy atom. The Hall–Kier alpha value is -1.06. The molecule has 0 aliphatic heterocycles. The van der Waals surface area contributed by atoms with Crippen molar-refractivity contribution in [2.75, 3.05) is 0 Å². The second kappa shape index (κ2) is 12.0. The van der Waals surface area contributed by atoms with Gasteiger partial charge in [-0.05, 0) is 0 Å². The maximum atomic E-state index is 2.54. The normalized spacial score (nSPS) is 18.9. The molecule has 0 aromatic heterocycles. The van der Waals surface area contributed by atoms with E-state index >= 15 is 0 Å². The number of halogens is 3. The minimum absolute atomic E-state index is 0. The van der Waals surface area contributed by atoms with E-state index in [9.17, 15) is 0 Å². The summed E-state index contributed by atoms with van der Waals surface area (Å²) < 4.78 is 1.53. The topological polar surface area (TPSA) is 0 Å². The quantitative estimate of drug-likeness (QED) is 0.230. The molecular formula is C30H33Cl3SiTi. The third kappa shape index (κ3) is 4.81. The van der Waals surface area contributed by atoms with Crippen LogP contribution in [0.4, 0.5) is 0 Å². The summed E-state index contributed by atoms with van der Waals surface area (Å²) >= 11 is 2.39. The summed E-state index contributed by atoms with van der Waals surface area (Å²) in [5, 5.41) is 4.48. The van der Waals surface area contributed by atoms with Gasteiger partial charge in [-0.3, -0.25) is 0 Å². The van der Waals surface area contributed by atoms with Crippen molar-refractivity contribution < 1.29 is 57.7 Å². The number of aryl methyl sites for hydroxylation is 3.